The molecule has 4 heteroatoms. The van der Waals surface area contributed by atoms with Gasteiger partial charge in [0.25, 0.3) is 0 Å². The molecule has 0 bridgehead atoms. The molecule has 19 heavy (non-hydrogen) atoms. The van der Waals surface area contributed by atoms with Crippen molar-refractivity contribution in [3.8, 4) is 16.9 Å². The van der Waals surface area contributed by atoms with E-state index in [0.717, 1.165) is 0 Å². The van der Waals surface area contributed by atoms with Crippen LogP contribution in [0.5, 0.6) is 5.75 Å². The van der Waals surface area contributed by atoms with Crippen LogP contribution in [0.4, 0.5) is 4.39 Å². The molecule has 1 nitrogen and oxygen atoms in total. The summed E-state index contributed by atoms with van der Waals surface area (Å²) < 4.78 is 14.0. The zero-order valence-electron chi connectivity index (χ0n) is 9.96. The number of benzene rings is 2. The number of allylic oxidation sites excluding steroid dienone is 1. The van der Waals surface area contributed by atoms with Crippen LogP contribution in [-0.2, 0) is 6.42 Å². The summed E-state index contributed by atoms with van der Waals surface area (Å²) in [6.45, 7) is 3.60. The molecule has 2 aromatic rings. The third-order valence-electron chi connectivity index (χ3n) is 2.78. The van der Waals surface area contributed by atoms with Crippen molar-refractivity contribution in [2.75, 3.05) is 0 Å². The zero-order chi connectivity index (χ0) is 14.0. The maximum Gasteiger partial charge on any atom is 0.134 e. The molecule has 0 aromatic heterocycles. The summed E-state index contributed by atoms with van der Waals surface area (Å²) in [5.41, 5.74) is 1.09. The fourth-order valence-electron chi connectivity index (χ4n) is 1.88. The van der Waals surface area contributed by atoms with Crippen molar-refractivity contribution in [2.24, 2.45) is 0 Å². The van der Waals surface area contributed by atoms with Crippen molar-refractivity contribution >= 4 is 23.2 Å². The molecular weight excluding hydrogens is 286 g/mol. The molecule has 0 amide bonds. The van der Waals surface area contributed by atoms with E-state index in [9.17, 15) is 9.50 Å². The average Bonchev–Trinajstić information content (AvgIpc) is 2.35. The van der Waals surface area contributed by atoms with E-state index in [-0.39, 0.29) is 16.3 Å². The van der Waals surface area contributed by atoms with Crippen molar-refractivity contribution in [2.45, 2.75) is 6.42 Å². The summed E-state index contributed by atoms with van der Waals surface area (Å²) >= 11 is 11.9. The predicted molar refractivity (Wildman–Crippen MR) is 77.4 cm³/mol. The standard InChI is InChI=1S/C15H11Cl2FO/c1-2-3-9-4-7-13(18)14(15(9)19)11-6-5-10(16)8-12(11)17/h2,4-8,19H,1,3H2. The Morgan fingerprint density at radius 3 is 2.58 bits per heavy atom. The van der Waals surface area contributed by atoms with Crippen LogP contribution in [0, 0.1) is 5.82 Å². The van der Waals surface area contributed by atoms with E-state index in [0.29, 0.717) is 22.6 Å². The molecule has 0 unspecified atom stereocenters. The minimum absolute atomic E-state index is 0.0843. The second-order valence-corrected chi connectivity index (χ2v) is 4.89. The third-order valence-corrected chi connectivity index (χ3v) is 3.32. The van der Waals surface area contributed by atoms with Gasteiger partial charge in [-0.15, -0.1) is 6.58 Å². The summed E-state index contributed by atoms with van der Waals surface area (Å²) in [5, 5.41) is 10.9. The lowest BCUT2D eigenvalue weighted by Gasteiger charge is -2.12. The molecule has 1 N–H and O–H groups in total. The quantitative estimate of drug-likeness (QED) is 0.769. The molecule has 0 saturated carbocycles. The summed E-state index contributed by atoms with van der Waals surface area (Å²) in [6.07, 6.45) is 2.09. The molecule has 98 valence electrons. The number of hydrogen-bond acceptors (Lipinski definition) is 1. The molecule has 2 rings (SSSR count). The average molecular weight is 297 g/mol. The first-order chi connectivity index (χ1) is 9.04. The number of phenols is 1. The highest BCUT2D eigenvalue weighted by molar-refractivity contribution is 6.36. The molecule has 0 aliphatic rings. The minimum Gasteiger partial charge on any atom is -0.507 e. The Hall–Kier alpha value is -1.51. The van der Waals surface area contributed by atoms with Gasteiger partial charge in [0.15, 0.2) is 0 Å². The van der Waals surface area contributed by atoms with Gasteiger partial charge in [-0.3, -0.25) is 0 Å². The highest BCUT2D eigenvalue weighted by Crippen LogP contribution is 2.39. The van der Waals surface area contributed by atoms with Gasteiger partial charge in [0.2, 0.25) is 0 Å². The van der Waals surface area contributed by atoms with Crippen LogP contribution in [0.2, 0.25) is 10.0 Å². The molecule has 0 aliphatic heterocycles. The van der Waals surface area contributed by atoms with Gasteiger partial charge in [0.1, 0.15) is 11.6 Å². The Labute approximate surface area is 120 Å². The third kappa shape index (κ3) is 2.75. The fourth-order valence-corrected chi connectivity index (χ4v) is 2.38. The largest absolute Gasteiger partial charge is 0.507 e. The summed E-state index contributed by atoms with van der Waals surface area (Å²) in [7, 11) is 0. The SMILES string of the molecule is C=CCc1ccc(F)c(-c2ccc(Cl)cc2Cl)c1O. The highest BCUT2D eigenvalue weighted by Gasteiger charge is 2.16. The van der Waals surface area contributed by atoms with Gasteiger partial charge in [0, 0.05) is 10.6 Å². The van der Waals surface area contributed by atoms with Gasteiger partial charge in [-0.25, -0.2) is 4.39 Å². The van der Waals surface area contributed by atoms with E-state index in [1.807, 2.05) is 0 Å². The van der Waals surface area contributed by atoms with E-state index in [1.54, 1.807) is 18.2 Å². The second-order valence-electron chi connectivity index (χ2n) is 4.05. The van der Waals surface area contributed by atoms with Crippen molar-refractivity contribution in [1.29, 1.82) is 0 Å². The molecule has 2 aromatic carbocycles. The molecule has 0 heterocycles. The Balaban J connectivity index is 2.67. The Morgan fingerprint density at radius 1 is 1.21 bits per heavy atom. The second kappa shape index (κ2) is 5.64. The van der Waals surface area contributed by atoms with E-state index in [2.05, 4.69) is 6.58 Å². The van der Waals surface area contributed by atoms with Crippen LogP contribution in [0.3, 0.4) is 0 Å². The monoisotopic (exact) mass is 296 g/mol. The van der Waals surface area contributed by atoms with Crippen molar-refractivity contribution in [3.63, 3.8) is 0 Å². The Bertz CT molecular complexity index is 638. The molecule has 0 spiro atoms. The first-order valence-electron chi connectivity index (χ1n) is 5.61. The predicted octanol–water partition coefficient (Wildman–Crippen LogP) is 5.23. The van der Waals surface area contributed by atoms with Crippen molar-refractivity contribution < 1.29 is 9.50 Å². The van der Waals surface area contributed by atoms with E-state index >= 15 is 0 Å². The van der Waals surface area contributed by atoms with E-state index in [1.165, 1.54) is 18.2 Å². The molecular formula is C15H11Cl2FO. The summed E-state index contributed by atoms with van der Waals surface area (Å²) in [6, 6.07) is 7.53. The first-order valence-corrected chi connectivity index (χ1v) is 6.37. The maximum absolute atomic E-state index is 14.0. The molecule has 0 atom stereocenters. The Kier molecular flexibility index (Phi) is 4.13. The van der Waals surface area contributed by atoms with Gasteiger partial charge >= 0.3 is 0 Å². The number of hydrogen-bond donors (Lipinski definition) is 1. The smallest absolute Gasteiger partial charge is 0.134 e. The Morgan fingerprint density at radius 2 is 1.95 bits per heavy atom. The first kappa shape index (κ1) is 13.9. The van der Waals surface area contributed by atoms with Gasteiger partial charge < -0.3 is 5.11 Å². The van der Waals surface area contributed by atoms with Gasteiger partial charge in [0.05, 0.1) is 10.6 Å². The fraction of sp³-hybridized carbons (Fsp3) is 0.0667. The van der Waals surface area contributed by atoms with Crippen LogP contribution in [0.25, 0.3) is 11.1 Å². The van der Waals surface area contributed by atoms with Crippen LogP contribution in [0.15, 0.2) is 43.0 Å². The number of phenolic OH excluding ortho intramolecular Hbond substituents is 1. The topological polar surface area (TPSA) is 20.2 Å². The highest BCUT2D eigenvalue weighted by atomic mass is 35.5. The van der Waals surface area contributed by atoms with Crippen molar-refractivity contribution in [1.82, 2.24) is 0 Å². The van der Waals surface area contributed by atoms with E-state index < -0.39 is 5.82 Å². The van der Waals surface area contributed by atoms with Crippen LogP contribution in [-0.4, -0.2) is 5.11 Å². The number of rotatable bonds is 3. The lowest BCUT2D eigenvalue weighted by Crippen LogP contribution is -1.91. The minimum atomic E-state index is -0.533. The zero-order valence-corrected chi connectivity index (χ0v) is 11.5. The number of aromatic hydroxyl groups is 1. The summed E-state index contributed by atoms with van der Waals surface area (Å²) in [4.78, 5) is 0. The number of halogens is 3. The van der Waals surface area contributed by atoms with Crippen LogP contribution >= 0.6 is 23.2 Å². The van der Waals surface area contributed by atoms with E-state index in [4.69, 9.17) is 23.2 Å². The van der Waals surface area contributed by atoms with Crippen LogP contribution < -0.4 is 0 Å². The molecule has 0 aliphatic carbocycles. The normalized spacial score (nSPS) is 10.5. The maximum atomic E-state index is 14.0. The lowest BCUT2D eigenvalue weighted by molar-refractivity contribution is 0.466. The summed E-state index contributed by atoms with van der Waals surface area (Å²) in [5.74, 6) is -0.654. The molecule has 0 saturated heterocycles. The molecule has 0 fully saturated rings. The lowest BCUT2D eigenvalue weighted by atomic mass is 9.99. The molecule has 0 radical (unpaired) electrons. The van der Waals surface area contributed by atoms with Crippen molar-refractivity contribution in [3.05, 3.63) is 64.4 Å². The van der Waals surface area contributed by atoms with Gasteiger partial charge in [-0.05, 0) is 30.2 Å². The van der Waals surface area contributed by atoms with Gasteiger partial charge in [-0.2, -0.15) is 0 Å². The van der Waals surface area contributed by atoms with Gasteiger partial charge in [-0.1, -0.05) is 41.4 Å². The van der Waals surface area contributed by atoms with Crippen LogP contribution in [0.1, 0.15) is 5.56 Å².